The molecule has 3 N–H and O–H groups in total. The maximum Gasteiger partial charge on any atom is 0.338 e. The lowest BCUT2D eigenvalue weighted by Gasteiger charge is -2.32. The predicted octanol–water partition coefficient (Wildman–Crippen LogP) is 8.42. The van der Waals surface area contributed by atoms with E-state index >= 15 is 0 Å². The first kappa shape index (κ1) is 39.1. The summed E-state index contributed by atoms with van der Waals surface area (Å²) in [5, 5.41) is 27.2. The molecule has 4 atom stereocenters. The summed E-state index contributed by atoms with van der Waals surface area (Å²) in [6.07, 6.45) is -0.132. The number of halogens is 3. The van der Waals surface area contributed by atoms with E-state index in [9.17, 15) is 24.6 Å². The van der Waals surface area contributed by atoms with Crippen LogP contribution in [0.15, 0.2) is 135 Å². The van der Waals surface area contributed by atoms with Crippen molar-refractivity contribution in [2.45, 2.75) is 50.1 Å². The second-order valence-corrected chi connectivity index (χ2v) is 14.9. The zero-order chi connectivity index (χ0) is 37.2. The molecule has 5 aromatic carbocycles. The zero-order valence-corrected chi connectivity index (χ0v) is 32.5. The second-order valence-electron chi connectivity index (χ2n) is 12.2. The molecule has 0 saturated heterocycles. The van der Waals surface area contributed by atoms with Gasteiger partial charge in [0, 0.05) is 39.1 Å². The molecule has 11 heteroatoms. The molecule has 2 aliphatic carbocycles. The van der Waals surface area contributed by atoms with E-state index in [2.05, 4.69) is 47.8 Å². The Morgan fingerprint density at radius 3 is 1.06 bits per heavy atom. The first-order chi connectivity index (χ1) is 25.0. The number of carbonyl (C=O) groups is 3. The smallest absolute Gasteiger partial charge is 0.338 e. The van der Waals surface area contributed by atoms with Crippen molar-refractivity contribution in [3.8, 4) is 0 Å². The van der Waals surface area contributed by atoms with Crippen molar-refractivity contribution in [3.05, 3.63) is 174 Å². The molecule has 0 heterocycles. The Morgan fingerprint density at radius 2 is 0.750 bits per heavy atom. The van der Waals surface area contributed by atoms with Gasteiger partial charge in [0.15, 0.2) is 0 Å². The highest BCUT2D eigenvalue weighted by Crippen LogP contribution is 2.28. The number of rotatable bonds is 5. The molecule has 52 heavy (non-hydrogen) atoms. The summed E-state index contributed by atoms with van der Waals surface area (Å²) < 4.78 is 14.3. The summed E-state index contributed by atoms with van der Waals surface area (Å²) in [7, 11) is 0. The number of aliphatic hydroxyl groups is 2. The van der Waals surface area contributed by atoms with Crippen molar-refractivity contribution in [3.63, 3.8) is 0 Å². The Labute approximate surface area is 326 Å². The molecule has 0 bridgehead atoms. The van der Waals surface area contributed by atoms with Crippen LogP contribution in [0.5, 0.6) is 0 Å². The Balaban J connectivity index is 0.000000193. The van der Waals surface area contributed by atoms with Crippen LogP contribution in [0.25, 0.3) is 0 Å². The normalized spacial score (nSPS) is 18.5. The molecule has 268 valence electrons. The van der Waals surface area contributed by atoms with Gasteiger partial charge in [0.1, 0.15) is 12.2 Å². The average Bonchev–Trinajstić information content (AvgIpc) is 3.13. The summed E-state index contributed by atoms with van der Waals surface area (Å²) in [5.74, 6) is -1.76. The highest BCUT2D eigenvalue weighted by molar-refractivity contribution is 9.11. The third-order valence-corrected chi connectivity index (χ3v) is 10.1. The van der Waals surface area contributed by atoms with Crippen LogP contribution in [0.3, 0.4) is 0 Å². The highest BCUT2D eigenvalue weighted by atomic mass is 79.9. The summed E-state index contributed by atoms with van der Waals surface area (Å²) in [6.45, 7) is 0. The number of hydrogen-bond donors (Lipinski definition) is 3. The lowest BCUT2D eigenvalue weighted by atomic mass is 9.87. The molecule has 2 aliphatic rings. The van der Waals surface area contributed by atoms with E-state index in [-0.39, 0.29) is 0 Å². The number of fused-ring (bicyclic) bond motifs is 2. The van der Waals surface area contributed by atoms with Crippen LogP contribution >= 0.6 is 47.8 Å². The molecule has 5 aromatic rings. The number of aromatic carboxylic acids is 1. The van der Waals surface area contributed by atoms with Gasteiger partial charge in [-0.1, -0.05) is 96.3 Å². The molecule has 7 rings (SSSR count). The Hall–Kier alpha value is -4.13. The van der Waals surface area contributed by atoms with Gasteiger partial charge in [-0.2, -0.15) is 0 Å². The fourth-order valence-corrected chi connectivity index (χ4v) is 6.53. The van der Waals surface area contributed by atoms with Crippen molar-refractivity contribution in [2.24, 2.45) is 0 Å². The number of benzene rings is 5. The summed E-state index contributed by atoms with van der Waals surface area (Å²) in [6, 6.07) is 36.3. The van der Waals surface area contributed by atoms with Crippen LogP contribution in [-0.2, 0) is 35.2 Å². The van der Waals surface area contributed by atoms with Crippen LogP contribution in [0, 0.1) is 0 Å². The minimum Gasteiger partial charge on any atom is -0.478 e. The molecule has 0 radical (unpaired) electrons. The van der Waals surface area contributed by atoms with Gasteiger partial charge in [0.05, 0.1) is 28.9 Å². The monoisotopic (exact) mass is 892 g/mol. The van der Waals surface area contributed by atoms with Crippen molar-refractivity contribution in [1.82, 2.24) is 0 Å². The summed E-state index contributed by atoms with van der Waals surface area (Å²) >= 11 is 9.93. The first-order valence-electron chi connectivity index (χ1n) is 16.4. The van der Waals surface area contributed by atoms with Crippen molar-refractivity contribution < 1.29 is 39.2 Å². The maximum atomic E-state index is 12.7. The molecule has 0 fully saturated rings. The number of hydrogen-bond acceptors (Lipinski definition) is 7. The summed E-state index contributed by atoms with van der Waals surface area (Å²) in [5.41, 5.74) is 5.74. The topological polar surface area (TPSA) is 130 Å². The number of ether oxygens (including phenoxy) is 2. The molecule has 0 amide bonds. The fraction of sp³-hybridized carbons (Fsp3) is 0.195. The van der Waals surface area contributed by atoms with Crippen LogP contribution in [0.4, 0.5) is 0 Å². The van der Waals surface area contributed by atoms with Gasteiger partial charge in [0.25, 0.3) is 0 Å². The third kappa shape index (κ3) is 10.9. The van der Waals surface area contributed by atoms with Gasteiger partial charge < -0.3 is 24.8 Å². The Kier molecular flexibility index (Phi) is 14.0. The molecule has 0 aromatic heterocycles. The van der Waals surface area contributed by atoms with Gasteiger partial charge in [-0.25, -0.2) is 14.4 Å². The third-order valence-electron chi connectivity index (χ3n) is 8.56. The van der Waals surface area contributed by atoms with E-state index in [1.54, 1.807) is 72.8 Å². The number of aliphatic hydroxyl groups excluding tert-OH is 2. The number of carbonyl (C=O) groups excluding carboxylic acids is 2. The van der Waals surface area contributed by atoms with Crippen LogP contribution in [0.2, 0.25) is 0 Å². The SMILES string of the molecule is O=C(O)c1ccc(Br)cc1.O=C(O[C@H]1Cc2ccccc2C[C@H]1OC(=O)c1ccc(Br)cc1)c1ccc(Br)cc1.O[C@@H]1Cc2ccccc2C[C@@H]1O. The largest absolute Gasteiger partial charge is 0.478 e. The summed E-state index contributed by atoms with van der Waals surface area (Å²) in [4.78, 5) is 35.7. The predicted molar refractivity (Wildman–Crippen MR) is 208 cm³/mol. The van der Waals surface area contributed by atoms with E-state index in [4.69, 9.17) is 14.6 Å². The molecular weight excluding hydrogens is 860 g/mol. The quantitative estimate of drug-likeness (QED) is 0.150. The molecule has 0 saturated carbocycles. The second kappa shape index (κ2) is 18.6. The van der Waals surface area contributed by atoms with Gasteiger partial charge in [-0.05, 0) is 95.1 Å². The van der Waals surface area contributed by atoms with Crippen LogP contribution in [0.1, 0.15) is 53.3 Å². The lowest BCUT2D eigenvalue weighted by molar-refractivity contribution is -0.0389. The number of esters is 2. The first-order valence-corrected chi connectivity index (χ1v) is 18.8. The van der Waals surface area contributed by atoms with Gasteiger partial charge in [-0.15, -0.1) is 0 Å². The van der Waals surface area contributed by atoms with Gasteiger partial charge >= 0.3 is 17.9 Å². The van der Waals surface area contributed by atoms with E-state index in [0.29, 0.717) is 42.4 Å². The molecule has 0 aliphatic heterocycles. The van der Waals surface area contributed by atoms with Gasteiger partial charge in [-0.3, -0.25) is 0 Å². The minimum absolute atomic E-state index is 0.309. The molecule has 0 unspecified atom stereocenters. The molecule has 8 nitrogen and oxygen atoms in total. The van der Waals surface area contributed by atoms with E-state index in [1.165, 1.54) is 0 Å². The lowest BCUT2D eigenvalue weighted by Crippen LogP contribution is -2.41. The Bertz CT molecular complexity index is 1870. The standard InChI is InChI=1S/C24H18Br2O4.C10H12O2.C7H5BrO2/c25-19-9-5-15(6-10-19)23(27)29-21-13-17-3-1-2-4-18(17)14-22(21)30-24(28)16-7-11-20(26)12-8-16;11-9-5-7-3-1-2-4-8(7)6-10(9)12;8-6-3-1-5(2-4-6)7(9)10/h1-12,21-22H,13-14H2;1-4,9-12H,5-6H2;1-4H,(H,9,10)/t21-,22+;9-,10+;. The Morgan fingerprint density at radius 1 is 0.462 bits per heavy atom. The average molecular weight is 895 g/mol. The fourth-order valence-electron chi connectivity index (χ4n) is 5.74. The van der Waals surface area contributed by atoms with E-state index < -0.39 is 42.3 Å². The van der Waals surface area contributed by atoms with E-state index in [1.807, 2.05) is 48.5 Å². The van der Waals surface area contributed by atoms with Crippen molar-refractivity contribution in [2.75, 3.05) is 0 Å². The zero-order valence-electron chi connectivity index (χ0n) is 27.7. The van der Waals surface area contributed by atoms with Crippen LogP contribution < -0.4 is 0 Å². The molecule has 0 spiro atoms. The number of carboxylic acid groups (broad SMARTS) is 1. The van der Waals surface area contributed by atoms with Crippen molar-refractivity contribution >= 4 is 65.7 Å². The number of carboxylic acids is 1. The van der Waals surface area contributed by atoms with Gasteiger partial charge in [0.2, 0.25) is 0 Å². The van der Waals surface area contributed by atoms with E-state index in [0.717, 1.165) is 35.7 Å². The van der Waals surface area contributed by atoms with Crippen molar-refractivity contribution in [1.29, 1.82) is 0 Å². The van der Waals surface area contributed by atoms with Crippen LogP contribution in [-0.4, -0.2) is 57.6 Å². The maximum absolute atomic E-state index is 12.7. The highest BCUT2D eigenvalue weighted by Gasteiger charge is 2.34. The minimum atomic E-state index is -0.896. The molecular formula is C41H35Br3O8.